The molecule has 5 nitrogen and oxygen atoms in total. The Balaban J connectivity index is 1.59. The highest BCUT2D eigenvalue weighted by Gasteiger charge is 2.49. The summed E-state index contributed by atoms with van der Waals surface area (Å²) in [6.45, 7) is 0. The highest BCUT2D eigenvalue weighted by Crippen LogP contribution is 2.41. The summed E-state index contributed by atoms with van der Waals surface area (Å²) in [5, 5.41) is 11.6. The van der Waals surface area contributed by atoms with Crippen molar-refractivity contribution in [3.05, 3.63) is 60.2 Å². The predicted molar refractivity (Wildman–Crippen MR) is 91.2 cm³/mol. The van der Waals surface area contributed by atoms with Crippen LogP contribution in [0.15, 0.2) is 54.6 Å². The number of nitriles is 1. The Bertz CT molecular complexity index is 794. The number of rotatable bonds is 4. The van der Waals surface area contributed by atoms with E-state index in [-0.39, 0.29) is 23.7 Å². The zero-order chi connectivity index (χ0) is 17.1. The number of amides is 2. The number of nitrogens with one attached hydrogen (secondary N) is 1. The third-order valence-electron chi connectivity index (χ3n) is 4.20. The van der Waals surface area contributed by atoms with Crippen LogP contribution in [0, 0.1) is 23.2 Å². The Hall–Kier alpha value is -3.13. The molecule has 3 rings (SSSR count). The molecule has 1 aliphatic rings. The van der Waals surface area contributed by atoms with E-state index in [4.69, 9.17) is 5.26 Å². The van der Waals surface area contributed by atoms with Gasteiger partial charge in [-0.15, -0.1) is 0 Å². The van der Waals surface area contributed by atoms with Gasteiger partial charge in [0, 0.05) is 18.4 Å². The molecule has 0 aliphatic heterocycles. The third kappa shape index (κ3) is 3.28. The van der Waals surface area contributed by atoms with Gasteiger partial charge in [0.15, 0.2) is 0 Å². The first-order valence-electron chi connectivity index (χ1n) is 7.74. The van der Waals surface area contributed by atoms with Gasteiger partial charge in [0.2, 0.25) is 11.8 Å². The molecule has 1 fully saturated rings. The Morgan fingerprint density at radius 3 is 2.38 bits per heavy atom. The molecular weight excluding hydrogens is 302 g/mol. The number of nitrogens with zero attached hydrogens (tertiary/aromatic N) is 2. The summed E-state index contributed by atoms with van der Waals surface area (Å²) in [5.41, 5.74) is 1.99. The summed E-state index contributed by atoms with van der Waals surface area (Å²) >= 11 is 0. The zero-order valence-corrected chi connectivity index (χ0v) is 13.3. The van der Waals surface area contributed by atoms with E-state index in [9.17, 15) is 9.59 Å². The number of benzene rings is 2. The van der Waals surface area contributed by atoms with Crippen molar-refractivity contribution in [3.63, 3.8) is 0 Å². The monoisotopic (exact) mass is 319 g/mol. The van der Waals surface area contributed by atoms with E-state index >= 15 is 0 Å². The molecule has 0 spiro atoms. The van der Waals surface area contributed by atoms with Crippen molar-refractivity contribution >= 4 is 23.2 Å². The summed E-state index contributed by atoms with van der Waals surface area (Å²) in [6.07, 6.45) is 0.568. The molecule has 24 heavy (non-hydrogen) atoms. The maximum absolute atomic E-state index is 12.5. The van der Waals surface area contributed by atoms with E-state index in [0.29, 0.717) is 17.7 Å². The maximum atomic E-state index is 12.5. The van der Waals surface area contributed by atoms with Gasteiger partial charge < -0.3 is 10.2 Å². The number of anilines is 2. The Morgan fingerprint density at radius 1 is 1.08 bits per heavy atom. The highest BCUT2D eigenvalue weighted by molar-refractivity contribution is 6.04. The Kier molecular flexibility index (Phi) is 4.30. The van der Waals surface area contributed by atoms with Gasteiger partial charge in [0.05, 0.1) is 23.5 Å². The van der Waals surface area contributed by atoms with Crippen LogP contribution in [-0.2, 0) is 9.59 Å². The average molecular weight is 319 g/mol. The summed E-state index contributed by atoms with van der Waals surface area (Å²) in [7, 11) is 1.73. The van der Waals surface area contributed by atoms with Gasteiger partial charge in [-0.1, -0.05) is 18.2 Å². The van der Waals surface area contributed by atoms with Crippen LogP contribution in [0.3, 0.4) is 0 Å². The molecule has 2 aromatic carbocycles. The van der Waals surface area contributed by atoms with Crippen molar-refractivity contribution in [2.24, 2.45) is 11.8 Å². The van der Waals surface area contributed by atoms with Crippen LogP contribution in [0.25, 0.3) is 0 Å². The molecule has 120 valence electrons. The quantitative estimate of drug-likeness (QED) is 0.941. The standard InChI is InChI=1S/C19H17N3O2/c1-22(15-5-3-2-4-6-15)19(24)17-11-16(17)18(23)21-14-9-7-13(12-20)8-10-14/h2-10,16-17H,11H2,1H3,(H,21,23). The van der Waals surface area contributed by atoms with Gasteiger partial charge in [-0.25, -0.2) is 0 Å². The molecule has 2 atom stereocenters. The van der Waals surface area contributed by atoms with Gasteiger partial charge in [-0.3, -0.25) is 9.59 Å². The van der Waals surface area contributed by atoms with Gasteiger partial charge in [0.1, 0.15) is 0 Å². The molecular formula is C19H17N3O2. The van der Waals surface area contributed by atoms with Crippen molar-refractivity contribution in [2.45, 2.75) is 6.42 Å². The van der Waals surface area contributed by atoms with Crippen LogP contribution in [0.5, 0.6) is 0 Å². The first-order valence-corrected chi connectivity index (χ1v) is 7.74. The minimum atomic E-state index is -0.292. The molecule has 0 saturated heterocycles. The Labute approximate surface area is 140 Å². The van der Waals surface area contributed by atoms with E-state index in [0.717, 1.165) is 5.69 Å². The lowest BCUT2D eigenvalue weighted by Crippen LogP contribution is -2.29. The molecule has 2 aromatic rings. The van der Waals surface area contributed by atoms with E-state index in [1.165, 1.54) is 0 Å². The molecule has 0 bridgehead atoms. The van der Waals surface area contributed by atoms with Gasteiger partial charge >= 0.3 is 0 Å². The lowest BCUT2D eigenvalue weighted by Gasteiger charge is -2.17. The molecule has 1 N–H and O–H groups in total. The smallest absolute Gasteiger partial charge is 0.230 e. The van der Waals surface area contributed by atoms with Crippen molar-refractivity contribution in [1.82, 2.24) is 0 Å². The number of carbonyl (C=O) groups excluding carboxylic acids is 2. The zero-order valence-electron chi connectivity index (χ0n) is 13.3. The SMILES string of the molecule is CN(C(=O)C1CC1C(=O)Nc1ccc(C#N)cc1)c1ccccc1. The highest BCUT2D eigenvalue weighted by atomic mass is 16.2. The number of hydrogen-bond donors (Lipinski definition) is 1. The third-order valence-corrected chi connectivity index (χ3v) is 4.20. The minimum absolute atomic E-state index is 0.0406. The molecule has 2 unspecified atom stereocenters. The summed E-state index contributed by atoms with van der Waals surface area (Å²) < 4.78 is 0. The summed E-state index contributed by atoms with van der Waals surface area (Å²) in [4.78, 5) is 26.3. The minimum Gasteiger partial charge on any atom is -0.326 e. The van der Waals surface area contributed by atoms with Crippen LogP contribution in [-0.4, -0.2) is 18.9 Å². The van der Waals surface area contributed by atoms with Gasteiger partial charge in [-0.05, 0) is 42.8 Å². The van der Waals surface area contributed by atoms with Crippen molar-refractivity contribution in [2.75, 3.05) is 17.3 Å². The van der Waals surface area contributed by atoms with E-state index in [1.807, 2.05) is 36.4 Å². The molecule has 1 aliphatic carbocycles. The molecule has 0 heterocycles. The van der Waals surface area contributed by atoms with Crippen LogP contribution in [0.2, 0.25) is 0 Å². The van der Waals surface area contributed by atoms with Crippen LogP contribution in [0.1, 0.15) is 12.0 Å². The van der Waals surface area contributed by atoms with Gasteiger partial charge in [-0.2, -0.15) is 5.26 Å². The normalized spacial score (nSPS) is 18.3. The predicted octanol–water partition coefficient (Wildman–Crippen LogP) is 2.80. The molecule has 1 saturated carbocycles. The van der Waals surface area contributed by atoms with Gasteiger partial charge in [0.25, 0.3) is 0 Å². The summed E-state index contributed by atoms with van der Waals surface area (Å²) in [5.74, 6) is -0.756. The fourth-order valence-electron chi connectivity index (χ4n) is 2.65. The fraction of sp³-hybridized carbons (Fsp3) is 0.211. The fourth-order valence-corrected chi connectivity index (χ4v) is 2.65. The molecule has 5 heteroatoms. The second-order valence-electron chi connectivity index (χ2n) is 5.86. The van der Waals surface area contributed by atoms with Crippen molar-refractivity contribution in [3.8, 4) is 6.07 Å². The molecule has 2 amide bonds. The van der Waals surface area contributed by atoms with E-state index < -0.39 is 0 Å². The topological polar surface area (TPSA) is 73.2 Å². The number of carbonyl (C=O) groups is 2. The van der Waals surface area contributed by atoms with Crippen LogP contribution < -0.4 is 10.2 Å². The Morgan fingerprint density at radius 2 is 1.75 bits per heavy atom. The first-order chi connectivity index (χ1) is 11.6. The molecule has 0 radical (unpaired) electrons. The second kappa shape index (κ2) is 6.55. The largest absolute Gasteiger partial charge is 0.326 e. The molecule has 0 aromatic heterocycles. The van der Waals surface area contributed by atoms with E-state index in [1.54, 1.807) is 36.2 Å². The first kappa shape index (κ1) is 15.8. The average Bonchev–Trinajstić information content (AvgIpc) is 3.43. The summed E-state index contributed by atoms with van der Waals surface area (Å²) in [6, 6.07) is 18.1. The lowest BCUT2D eigenvalue weighted by atomic mass is 10.2. The number of hydrogen-bond acceptors (Lipinski definition) is 3. The van der Waals surface area contributed by atoms with Crippen molar-refractivity contribution < 1.29 is 9.59 Å². The van der Waals surface area contributed by atoms with Crippen LogP contribution >= 0.6 is 0 Å². The van der Waals surface area contributed by atoms with E-state index in [2.05, 4.69) is 5.32 Å². The van der Waals surface area contributed by atoms with Crippen molar-refractivity contribution in [1.29, 1.82) is 5.26 Å². The maximum Gasteiger partial charge on any atom is 0.230 e. The van der Waals surface area contributed by atoms with Crippen LogP contribution in [0.4, 0.5) is 11.4 Å². The number of para-hydroxylation sites is 1. The lowest BCUT2D eigenvalue weighted by molar-refractivity contribution is -0.123. The second-order valence-corrected chi connectivity index (χ2v) is 5.86.